The number of esters is 1. The third kappa shape index (κ3) is 1.12. The Labute approximate surface area is 79.7 Å². The lowest BCUT2D eigenvalue weighted by atomic mass is 10.2. The predicted molar refractivity (Wildman–Crippen MR) is 49.2 cm³/mol. The van der Waals surface area contributed by atoms with Crippen LogP contribution in [-0.2, 0) is 4.74 Å². The van der Waals surface area contributed by atoms with Gasteiger partial charge in [0.25, 0.3) is 0 Å². The molecular formula is C10H8O4. The van der Waals surface area contributed by atoms with E-state index >= 15 is 0 Å². The Morgan fingerprint density at radius 3 is 3.00 bits per heavy atom. The number of para-hydroxylation sites is 1. The van der Waals surface area contributed by atoms with Gasteiger partial charge in [-0.1, -0.05) is 6.07 Å². The predicted octanol–water partition coefficient (Wildman–Crippen LogP) is 1.93. The summed E-state index contributed by atoms with van der Waals surface area (Å²) in [7, 11) is 1.30. The van der Waals surface area contributed by atoms with Gasteiger partial charge < -0.3 is 14.3 Å². The molecule has 0 bridgehead atoms. The lowest BCUT2D eigenvalue weighted by Crippen LogP contribution is -1.99. The molecule has 0 saturated carbocycles. The molecule has 0 aliphatic heterocycles. The molecule has 2 rings (SSSR count). The van der Waals surface area contributed by atoms with Crippen LogP contribution in [0, 0.1) is 0 Å². The van der Waals surface area contributed by atoms with Gasteiger partial charge in [-0.25, -0.2) is 4.79 Å². The van der Waals surface area contributed by atoms with Crippen LogP contribution in [0.4, 0.5) is 0 Å². The number of hydrogen-bond donors (Lipinski definition) is 1. The molecule has 0 fully saturated rings. The van der Waals surface area contributed by atoms with Crippen LogP contribution in [-0.4, -0.2) is 18.2 Å². The molecule has 1 aromatic carbocycles. The SMILES string of the molecule is COC(=O)c1coc2c(O)cccc12. The van der Waals surface area contributed by atoms with Crippen molar-refractivity contribution in [1.82, 2.24) is 0 Å². The quantitative estimate of drug-likeness (QED) is 0.701. The summed E-state index contributed by atoms with van der Waals surface area (Å²) in [6.45, 7) is 0. The van der Waals surface area contributed by atoms with E-state index in [0.717, 1.165) is 0 Å². The summed E-state index contributed by atoms with van der Waals surface area (Å²) in [4.78, 5) is 11.2. The fourth-order valence-electron chi connectivity index (χ4n) is 1.31. The van der Waals surface area contributed by atoms with Crippen LogP contribution < -0.4 is 0 Å². The van der Waals surface area contributed by atoms with E-state index in [1.807, 2.05) is 0 Å². The third-order valence-electron chi connectivity index (χ3n) is 1.98. The minimum absolute atomic E-state index is 0.0117. The van der Waals surface area contributed by atoms with E-state index in [1.54, 1.807) is 12.1 Å². The maximum Gasteiger partial charge on any atom is 0.341 e. The molecule has 0 aliphatic rings. The van der Waals surface area contributed by atoms with Crippen LogP contribution in [0.1, 0.15) is 10.4 Å². The lowest BCUT2D eigenvalue weighted by Gasteiger charge is -1.95. The fourth-order valence-corrected chi connectivity index (χ4v) is 1.31. The minimum Gasteiger partial charge on any atom is -0.504 e. The largest absolute Gasteiger partial charge is 0.504 e. The maximum absolute atomic E-state index is 11.2. The van der Waals surface area contributed by atoms with Crippen LogP contribution in [0.2, 0.25) is 0 Å². The Hall–Kier alpha value is -1.97. The highest BCUT2D eigenvalue weighted by molar-refractivity contribution is 6.04. The molecule has 0 aliphatic carbocycles. The van der Waals surface area contributed by atoms with Crippen LogP contribution in [0.15, 0.2) is 28.9 Å². The van der Waals surface area contributed by atoms with E-state index in [9.17, 15) is 9.90 Å². The standard InChI is InChI=1S/C10H8O4/c1-13-10(12)7-5-14-9-6(7)3-2-4-8(9)11/h2-5,11H,1H3. The van der Waals surface area contributed by atoms with Gasteiger partial charge in [0.05, 0.1) is 7.11 Å². The number of benzene rings is 1. The fraction of sp³-hybridized carbons (Fsp3) is 0.100. The van der Waals surface area contributed by atoms with Crippen molar-refractivity contribution < 1.29 is 19.1 Å². The average Bonchev–Trinajstić information content (AvgIpc) is 2.62. The highest BCUT2D eigenvalue weighted by Crippen LogP contribution is 2.28. The number of carbonyl (C=O) groups is 1. The number of phenolic OH excluding ortho intramolecular Hbond substituents is 1. The van der Waals surface area contributed by atoms with E-state index in [4.69, 9.17) is 4.42 Å². The van der Waals surface area contributed by atoms with E-state index in [2.05, 4.69) is 4.74 Å². The molecule has 0 atom stereocenters. The second kappa shape index (κ2) is 3.06. The molecule has 1 aromatic heterocycles. The summed E-state index contributed by atoms with van der Waals surface area (Å²) >= 11 is 0. The van der Waals surface area contributed by atoms with Gasteiger partial charge in [-0.2, -0.15) is 0 Å². The summed E-state index contributed by atoms with van der Waals surface area (Å²) in [5.41, 5.74) is 0.617. The normalized spacial score (nSPS) is 10.4. The van der Waals surface area contributed by atoms with Crippen molar-refractivity contribution in [2.24, 2.45) is 0 Å². The van der Waals surface area contributed by atoms with Gasteiger partial charge in [-0.15, -0.1) is 0 Å². The molecule has 0 unspecified atom stereocenters. The van der Waals surface area contributed by atoms with Crippen molar-refractivity contribution in [3.05, 3.63) is 30.0 Å². The van der Waals surface area contributed by atoms with Crippen LogP contribution >= 0.6 is 0 Å². The molecule has 2 aromatic rings. The molecule has 4 heteroatoms. The van der Waals surface area contributed by atoms with Crippen molar-refractivity contribution in [2.45, 2.75) is 0 Å². The molecule has 1 heterocycles. The first-order chi connectivity index (χ1) is 6.74. The average molecular weight is 192 g/mol. The molecule has 14 heavy (non-hydrogen) atoms. The Bertz CT molecular complexity index is 484. The first-order valence-electron chi connectivity index (χ1n) is 4.01. The van der Waals surface area contributed by atoms with Crippen molar-refractivity contribution in [3.8, 4) is 5.75 Å². The van der Waals surface area contributed by atoms with Crippen molar-refractivity contribution >= 4 is 16.9 Å². The number of fused-ring (bicyclic) bond motifs is 1. The number of hydrogen-bond acceptors (Lipinski definition) is 4. The Kier molecular flexibility index (Phi) is 1.89. The summed E-state index contributed by atoms with van der Waals surface area (Å²) in [6, 6.07) is 4.82. The van der Waals surface area contributed by atoms with E-state index < -0.39 is 5.97 Å². The summed E-state index contributed by atoms with van der Waals surface area (Å²) < 4.78 is 9.61. The molecule has 72 valence electrons. The van der Waals surface area contributed by atoms with Crippen molar-refractivity contribution in [2.75, 3.05) is 7.11 Å². The maximum atomic E-state index is 11.2. The Balaban J connectivity index is 2.70. The van der Waals surface area contributed by atoms with Gasteiger partial charge in [0, 0.05) is 5.39 Å². The zero-order valence-electron chi connectivity index (χ0n) is 7.48. The Morgan fingerprint density at radius 1 is 1.50 bits per heavy atom. The molecule has 1 N–H and O–H groups in total. The van der Waals surface area contributed by atoms with Crippen molar-refractivity contribution in [3.63, 3.8) is 0 Å². The number of aromatic hydroxyl groups is 1. The second-order valence-corrected chi connectivity index (χ2v) is 2.79. The zero-order valence-corrected chi connectivity index (χ0v) is 7.48. The number of methoxy groups -OCH3 is 1. The van der Waals surface area contributed by atoms with Gasteiger partial charge in [-0.3, -0.25) is 0 Å². The summed E-state index contributed by atoms with van der Waals surface area (Å²) in [5.74, 6) is -0.466. The molecule has 0 spiro atoms. The molecular weight excluding hydrogens is 184 g/mol. The zero-order chi connectivity index (χ0) is 10.1. The van der Waals surface area contributed by atoms with Gasteiger partial charge >= 0.3 is 5.97 Å². The topological polar surface area (TPSA) is 59.7 Å². The van der Waals surface area contributed by atoms with Crippen LogP contribution in [0.5, 0.6) is 5.75 Å². The van der Waals surface area contributed by atoms with Crippen molar-refractivity contribution in [1.29, 1.82) is 0 Å². The van der Waals surface area contributed by atoms with E-state index in [0.29, 0.717) is 16.5 Å². The number of furan rings is 1. The third-order valence-corrected chi connectivity index (χ3v) is 1.98. The second-order valence-electron chi connectivity index (χ2n) is 2.79. The summed E-state index contributed by atoms with van der Waals surface area (Å²) in [5, 5.41) is 9.95. The van der Waals surface area contributed by atoms with Gasteiger partial charge in [-0.05, 0) is 12.1 Å². The van der Waals surface area contributed by atoms with E-state index in [1.165, 1.54) is 19.4 Å². The van der Waals surface area contributed by atoms with Gasteiger partial charge in [0.2, 0.25) is 0 Å². The smallest absolute Gasteiger partial charge is 0.341 e. The molecule has 4 nitrogen and oxygen atoms in total. The number of ether oxygens (including phenoxy) is 1. The highest BCUT2D eigenvalue weighted by Gasteiger charge is 2.15. The van der Waals surface area contributed by atoms with Gasteiger partial charge in [0.1, 0.15) is 11.8 Å². The van der Waals surface area contributed by atoms with Crippen LogP contribution in [0.3, 0.4) is 0 Å². The lowest BCUT2D eigenvalue weighted by molar-refractivity contribution is 0.0602. The minimum atomic E-state index is -0.477. The number of phenols is 1. The first kappa shape index (κ1) is 8.62. The Morgan fingerprint density at radius 2 is 2.29 bits per heavy atom. The molecule has 0 saturated heterocycles. The van der Waals surface area contributed by atoms with Crippen LogP contribution in [0.25, 0.3) is 11.0 Å². The highest BCUT2D eigenvalue weighted by atomic mass is 16.5. The summed E-state index contributed by atoms with van der Waals surface area (Å²) in [6.07, 6.45) is 1.27. The monoisotopic (exact) mass is 192 g/mol. The van der Waals surface area contributed by atoms with Gasteiger partial charge in [0.15, 0.2) is 11.3 Å². The number of carbonyl (C=O) groups excluding carboxylic acids is 1. The molecule has 0 amide bonds. The molecule has 0 radical (unpaired) electrons. The first-order valence-corrected chi connectivity index (χ1v) is 4.01. The number of rotatable bonds is 1. The van der Waals surface area contributed by atoms with E-state index in [-0.39, 0.29) is 5.75 Å².